The molecule has 0 bridgehead atoms. The molecular formula is C28H26N2O6S2. The summed E-state index contributed by atoms with van der Waals surface area (Å²) in [7, 11) is 1.22. The molecule has 2 unspecified atom stereocenters. The molecule has 0 aliphatic carbocycles. The second-order valence-corrected chi connectivity index (χ2v) is 11.2. The standard InChI is InChI=1S/C28H26N2O6S2/c1-18(31)30(21-14-9-15-37-21)22-24(32)29-16-28(26(33)35-2,17-38-25(22)29)27(34)36-23(19-10-5-3-6-11-19)20-12-7-4-8-13-20/h3-15,22-23,25H,16-17H2,1-2H3/t22?,25-,28?/m1/s1. The first-order valence-corrected chi connectivity index (χ1v) is 13.9. The summed E-state index contributed by atoms with van der Waals surface area (Å²) in [5, 5.41) is 2.13. The van der Waals surface area contributed by atoms with Crippen molar-refractivity contribution >= 4 is 51.9 Å². The number of ether oxygens (including phenoxy) is 2. The summed E-state index contributed by atoms with van der Waals surface area (Å²) >= 11 is 2.65. The minimum Gasteiger partial charge on any atom is -0.468 e. The minimum atomic E-state index is -1.71. The molecule has 8 nitrogen and oxygen atoms in total. The van der Waals surface area contributed by atoms with Gasteiger partial charge in [-0.15, -0.1) is 23.1 Å². The normalized spacial score (nSPS) is 22.3. The van der Waals surface area contributed by atoms with Crippen LogP contribution >= 0.6 is 23.1 Å². The molecule has 2 aliphatic rings. The van der Waals surface area contributed by atoms with Crippen LogP contribution in [-0.2, 0) is 28.7 Å². The van der Waals surface area contributed by atoms with E-state index in [1.165, 1.54) is 46.9 Å². The fourth-order valence-electron chi connectivity index (χ4n) is 4.88. The first kappa shape index (κ1) is 26.0. The van der Waals surface area contributed by atoms with E-state index in [0.717, 1.165) is 11.1 Å². The fraction of sp³-hybridized carbons (Fsp3) is 0.286. The number of benzene rings is 2. The SMILES string of the molecule is COC(=O)C1(C(=O)OC(c2ccccc2)c2ccccc2)CS[C@@H]2C(N(C(C)=O)c3cccs3)C(=O)N2C1. The third-order valence-electron chi connectivity index (χ3n) is 6.81. The van der Waals surface area contributed by atoms with Gasteiger partial charge in [-0.3, -0.25) is 24.1 Å². The highest BCUT2D eigenvalue weighted by Gasteiger charge is 2.63. The molecule has 2 saturated heterocycles. The number of methoxy groups -OCH3 is 1. The molecule has 1 aromatic heterocycles. The van der Waals surface area contributed by atoms with Crippen LogP contribution in [0, 0.1) is 5.41 Å². The lowest BCUT2D eigenvalue weighted by Gasteiger charge is -2.55. The van der Waals surface area contributed by atoms with Crippen molar-refractivity contribution in [2.45, 2.75) is 24.4 Å². The summed E-state index contributed by atoms with van der Waals surface area (Å²) < 4.78 is 11.1. The second-order valence-electron chi connectivity index (χ2n) is 9.13. The van der Waals surface area contributed by atoms with Gasteiger partial charge in [0.1, 0.15) is 11.4 Å². The summed E-state index contributed by atoms with van der Waals surface area (Å²) in [6.45, 7) is 1.24. The number of thioether (sulfide) groups is 1. The van der Waals surface area contributed by atoms with Gasteiger partial charge in [0.2, 0.25) is 11.8 Å². The zero-order valence-electron chi connectivity index (χ0n) is 20.8. The van der Waals surface area contributed by atoms with Gasteiger partial charge in [-0.05, 0) is 28.6 Å². The Balaban J connectivity index is 1.42. The van der Waals surface area contributed by atoms with E-state index in [1.807, 2.05) is 72.1 Å². The van der Waals surface area contributed by atoms with Crippen molar-refractivity contribution in [1.29, 1.82) is 0 Å². The number of thiophene rings is 1. The lowest BCUT2D eigenvalue weighted by Crippen LogP contribution is -2.75. The topological polar surface area (TPSA) is 93.2 Å². The first-order chi connectivity index (χ1) is 18.4. The van der Waals surface area contributed by atoms with Crippen molar-refractivity contribution in [2.75, 3.05) is 24.3 Å². The Labute approximate surface area is 228 Å². The fourth-order valence-corrected chi connectivity index (χ4v) is 7.25. The number of esters is 2. The average Bonchev–Trinajstić information content (AvgIpc) is 3.48. The van der Waals surface area contributed by atoms with Crippen molar-refractivity contribution < 1.29 is 28.7 Å². The molecule has 2 aliphatic heterocycles. The quantitative estimate of drug-likeness (QED) is 0.250. The third kappa shape index (κ3) is 4.48. The van der Waals surface area contributed by atoms with Crippen molar-refractivity contribution in [1.82, 2.24) is 4.90 Å². The monoisotopic (exact) mass is 550 g/mol. The maximum absolute atomic E-state index is 13.8. The number of anilines is 1. The molecule has 38 heavy (non-hydrogen) atoms. The van der Waals surface area contributed by atoms with Gasteiger partial charge in [-0.2, -0.15) is 0 Å². The number of fused-ring (bicyclic) bond motifs is 1. The molecule has 3 aromatic rings. The van der Waals surface area contributed by atoms with E-state index in [-0.39, 0.29) is 24.1 Å². The molecule has 196 valence electrons. The highest BCUT2D eigenvalue weighted by molar-refractivity contribution is 8.00. The number of carbonyl (C=O) groups is 4. The molecule has 5 rings (SSSR count). The number of rotatable bonds is 7. The van der Waals surface area contributed by atoms with Crippen LogP contribution in [0.25, 0.3) is 0 Å². The zero-order valence-corrected chi connectivity index (χ0v) is 22.4. The Morgan fingerprint density at radius 2 is 1.61 bits per heavy atom. The maximum atomic E-state index is 13.8. The highest BCUT2D eigenvalue weighted by Crippen LogP contribution is 2.47. The Bertz CT molecular complexity index is 1290. The van der Waals surface area contributed by atoms with E-state index in [9.17, 15) is 19.2 Å². The number of β-lactam (4-membered cyclic amide) rings is 1. The Morgan fingerprint density at radius 3 is 2.13 bits per heavy atom. The van der Waals surface area contributed by atoms with Crippen LogP contribution in [0.5, 0.6) is 0 Å². The summed E-state index contributed by atoms with van der Waals surface area (Å²) in [5.41, 5.74) is -0.203. The summed E-state index contributed by atoms with van der Waals surface area (Å²) in [6, 6.07) is 21.5. The van der Waals surface area contributed by atoms with Gasteiger partial charge in [-0.1, -0.05) is 60.7 Å². The van der Waals surface area contributed by atoms with Crippen LogP contribution in [-0.4, -0.2) is 59.5 Å². The third-order valence-corrected chi connectivity index (χ3v) is 9.19. The molecule has 3 atom stereocenters. The van der Waals surface area contributed by atoms with E-state index in [4.69, 9.17) is 9.47 Å². The molecule has 0 radical (unpaired) electrons. The van der Waals surface area contributed by atoms with Gasteiger partial charge in [0, 0.05) is 19.2 Å². The van der Waals surface area contributed by atoms with Crippen molar-refractivity contribution in [3.8, 4) is 0 Å². The molecule has 0 spiro atoms. The largest absolute Gasteiger partial charge is 0.468 e. The number of hydrogen-bond donors (Lipinski definition) is 0. The first-order valence-electron chi connectivity index (χ1n) is 12.0. The molecule has 2 fully saturated rings. The van der Waals surface area contributed by atoms with Crippen molar-refractivity contribution in [3.05, 3.63) is 89.3 Å². The molecular weight excluding hydrogens is 524 g/mol. The Hall–Kier alpha value is -3.63. The van der Waals surface area contributed by atoms with E-state index in [0.29, 0.717) is 5.00 Å². The smallest absolute Gasteiger partial charge is 0.327 e. The van der Waals surface area contributed by atoms with E-state index in [1.54, 1.807) is 6.07 Å². The molecule has 10 heteroatoms. The highest BCUT2D eigenvalue weighted by atomic mass is 32.2. The predicted molar refractivity (Wildman–Crippen MR) is 144 cm³/mol. The Kier molecular flexibility index (Phi) is 7.27. The summed E-state index contributed by atoms with van der Waals surface area (Å²) in [6.07, 6.45) is -0.749. The molecule has 2 amide bonds. The molecule has 0 saturated carbocycles. The van der Waals surface area contributed by atoms with Crippen LogP contribution in [0.2, 0.25) is 0 Å². The number of amides is 2. The van der Waals surface area contributed by atoms with Gasteiger partial charge in [0.05, 0.1) is 12.1 Å². The maximum Gasteiger partial charge on any atom is 0.327 e. The van der Waals surface area contributed by atoms with Gasteiger partial charge >= 0.3 is 11.9 Å². The minimum absolute atomic E-state index is 0.0515. The average molecular weight is 551 g/mol. The van der Waals surface area contributed by atoms with E-state index in [2.05, 4.69) is 0 Å². The van der Waals surface area contributed by atoms with E-state index >= 15 is 0 Å². The molecule has 3 heterocycles. The van der Waals surface area contributed by atoms with Gasteiger partial charge < -0.3 is 14.4 Å². The van der Waals surface area contributed by atoms with Crippen molar-refractivity contribution in [3.63, 3.8) is 0 Å². The van der Waals surface area contributed by atoms with E-state index < -0.39 is 34.9 Å². The van der Waals surface area contributed by atoms with Gasteiger partial charge in [-0.25, -0.2) is 0 Å². The second kappa shape index (κ2) is 10.6. The number of carbonyl (C=O) groups excluding carboxylic acids is 4. The summed E-state index contributed by atoms with van der Waals surface area (Å²) in [5.74, 6) is -2.04. The van der Waals surface area contributed by atoms with Crippen LogP contribution in [0.3, 0.4) is 0 Å². The van der Waals surface area contributed by atoms with Crippen LogP contribution in [0.4, 0.5) is 5.00 Å². The number of nitrogens with zero attached hydrogens (tertiary/aromatic N) is 2. The molecule has 0 N–H and O–H groups in total. The summed E-state index contributed by atoms with van der Waals surface area (Å²) in [4.78, 5) is 55.8. The number of hydrogen-bond acceptors (Lipinski definition) is 8. The van der Waals surface area contributed by atoms with Gasteiger partial charge in [0.25, 0.3) is 0 Å². The van der Waals surface area contributed by atoms with Crippen LogP contribution < -0.4 is 4.90 Å². The van der Waals surface area contributed by atoms with Crippen LogP contribution in [0.15, 0.2) is 78.2 Å². The molecule has 2 aromatic carbocycles. The zero-order chi connectivity index (χ0) is 26.9. The van der Waals surface area contributed by atoms with Crippen molar-refractivity contribution in [2.24, 2.45) is 5.41 Å². The Morgan fingerprint density at radius 1 is 0.974 bits per heavy atom. The lowest BCUT2D eigenvalue weighted by molar-refractivity contribution is -0.176. The lowest BCUT2D eigenvalue weighted by atomic mass is 9.86. The van der Waals surface area contributed by atoms with Gasteiger partial charge in [0.15, 0.2) is 11.5 Å². The predicted octanol–water partition coefficient (Wildman–Crippen LogP) is 3.88. The van der Waals surface area contributed by atoms with Crippen LogP contribution in [0.1, 0.15) is 24.2 Å².